The van der Waals surface area contributed by atoms with E-state index in [2.05, 4.69) is 20.9 Å². The molecule has 2 aromatic rings. The molecular formula is C18H17BrF3N3O. The van der Waals surface area contributed by atoms with E-state index in [1.165, 1.54) is 4.90 Å². The molecule has 4 nitrogen and oxygen atoms in total. The fourth-order valence-electron chi connectivity index (χ4n) is 4.26. The first-order valence-corrected chi connectivity index (χ1v) is 9.17. The molecule has 0 atom stereocenters. The second-order valence-corrected chi connectivity index (χ2v) is 7.93. The molecule has 2 aliphatic rings. The molecule has 0 N–H and O–H groups in total. The number of likely N-dealkylation sites (tertiary alicyclic amines) is 1. The van der Waals surface area contributed by atoms with Crippen molar-refractivity contribution in [3.05, 3.63) is 34.4 Å². The maximum absolute atomic E-state index is 13.1. The lowest BCUT2D eigenvalue weighted by Gasteiger charge is -2.38. The molecule has 1 aromatic carbocycles. The summed E-state index contributed by atoms with van der Waals surface area (Å²) in [6, 6.07) is 5.72. The number of piperidine rings is 1. The van der Waals surface area contributed by atoms with Crippen LogP contribution < -0.4 is 4.90 Å². The Hall–Kier alpha value is -1.67. The van der Waals surface area contributed by atoms with Crippen molar-refractivity contribution in [3.63, 3.8) is 0 Å². The van der Waals surface area contributed by atoms with Crippen LogP contribution in [-0.2, 0) is 10.2 Å². The van der Waals surface area contributed by atoms with Crippen molar-refractivity contribution in [1.82, 2.24) is 9.88 Å². The van der Waals surface area contributed by atoms with Crippen LogP contribution in [0.1, 0.15) is 18.4 Å². The first kappa shape index (κ1) is 17.7. The van der Waals surface area contributed by atoms with Crippen LogP contribution in [0.3, 0.4) is 0 Å². The number of hydrogen-bond donors (Lipinski definition) is 0. The Morgan fingerprint density at radius 3 is 2.62 bits per heavy atom. The summed E-state index contributed by atoms with van der Waals surface area (Å²) in [5, 5.41) is 0.888. The van der Waals surface area contributed by atoms with Crippen LogP contribution in [0.25, 0.3) is 10.9 Å². The number of benzene rings is 1. The lowest BCUT2D eigenvalue weighted by atomic mass is 9.72. The Balaban J connectivity index is 1.78. The molecule has 138 valence electrons. The normalized spacial score (nSPS) is 20.2. The molecule has 1 amide bonds. The Morgan fingerprint density at radius 2 is 1.96 bits per heavy atom. The molecule has 26 heavy (non-hydrogen) atoms. The number of pyridine rings is 1. The van der Waals surface area contributed by atoms with Crippen molar-refractivity contribution >= 4 is 38.4 Å². The lowest BCUT2D eigenvalue weighted by Crippen LogP contribution is -2.50. The summed E-state index contributed by atoms with van der Waals surface area (Å²) in [6.45, 7) is -0.435. The zero-order valence-corrected chi connectivity index (χ0v) is 15.7. The molecule has 0 bridgehead atoms. The second kappa shape index (κ2) is 5.92. The van der Waals surface area contributed by atoms with Crippen LogP contribution in [-0.4, -0.2) is 48.6 Å². The minimum Gasteiger partial charge on any atom is -0.313 e. The second-order valence-electron chi connectivity index (χ2n) is 7.02. The number of fused-ring (bicyclic) bond motifs is 4. The molecule has 4 rings (SSSR count). The van der Waals surface area contributed by atoms with E-state index in [0.29, 0.717) is 12.8 Å². The summed E-state index contributed by atoms with van der Waals surface area (Å²) in [4.78, 5) is 20.5. The molecule has 0 aliphatic carbocycles. The predicted octanol–water partition coefficient (Wildman–Crippen LogP) is 3.87. The van der Waals surface area contributed by atoms with E-state index in [4.69, 9.17) is 0 Å². The van der Waals surface area contributed by atoms with Crippen molar-refractivity contribution in [2.24, 2.45) is 0 Å². The zero-order chi connectivity index (χ0) is 18.7. The Morgan fingerprint density at radius 1 is 1.27 bits per heavy atom. The van der Waals surface area contributed by atoms with Gasteiger partial charge in [0.15, 0.2) is 0 Å². The number of anilines is 1. The van der Waals surface area contributed by atoms with Crippen LogP contribution in [0.2, 0.25) is 0 Å². The number of hydrogen-bond acceptors (Lipinski definition) is 3. The molecule has 1 saturated heterocycles. The topological polar surface area (TPSA) is 36.4 Å². The number of carbonyl (C=O) groups excluding carboxylic acids is 1. The van der Waals surface area contributed by atoms with Gasteiger partial charge in [-0.1, -0.05) is 15.9 Å². The van der Waals surface area contributed by atoms with Crippen LogP contribution in [0.15, 0.2) is 28.9 Å². The van der Waals surface area contributed by atoms with Crippen molar-refractivity contribution < 1.29 is 18.0 Å². The summed E-state index contributed by atoms with van der Waals surface area (Å²) in [6.07, 6.45) is -1.77. The number of carbonyl (C=O) groups is 1. The summed E-state index contributed by atoms with van der Waals surface area (Å²) in [5.41, 5.74) is 1.67. The van der Waals surface area contributed by atoms with Gasteiger partial charge in [0, 0.05) is 22.5 Å². The molecule has 2 aliphatic heterocycles. The molecule has 3 heterocycles. The first-order chi connectivity index (χ1) is 12.2. The third-order valence-electron chi connectivity index (χ3n) is 5.48. The van der Waals surface area contributed by atoms with Crippen molar-refractivity contribution in [2.75, 3.05) is 31.6 Å². The minimum atomic E-state index is -4.22. The maximum atomic E-state index is 13.1. The maximum Gasteiger partial charge on any atom is 0.401 e. The van der Waals surface area contributed by atoms with E-state index in [1.807, 2.05) is 18.2 Å². The van der Waals surface area contributed by atoms with E-state index in [1.54, 1.807) is 18.1 Å². The third kappa shape index (κ3) is 2.70. The van der Waals surface area contributed by atoms with E-state index in [9.17, 15) is 18.0 Å². The summed E-state index contributed by atoms with van der Waals surface area (Å²) in [7, 11) is 1.71. The Kier molecular flexibility index (Phi) is 4.04. The number of rotatable bonds is 1. The molecule has 1 spiro atoms. The van der Waals surface area contributed by atoms with Crippen LogP contribution in [0.4, 0.5) is 18.9 Å². The quantitative estimate of drug-likeness (QED) is 0.692. The molecule has 0 radical (unpaired) electrons. The SMILES string of the molecule is CN1C(=O)C2(CCN(CC(F)(F)F)CC2)c2c1cnc1ccc(Br)cc21. The summed E-state index contributed by atoms with van der Waals surface area (Å²) in [5.74, 6) is -0.0477. The number of amides is 1. The van der Waals surface area contributed by atoms with Gasteiger partial charge in [-0.2, -0.15) is 13.2 Å². The van der Waals surface area contributed by atoms with Gasteiger partial charge in [0.2, 0.25) is 5.91 Å². The predicted molar refractivity (Wildman–Crippen MR) is 96.3 cm³/mol. The fourth-order valence-corrected chi connectivity index (χ4v) is 4.62. The summed E-state index contributed by atoms with van der Waals surface area (Å²) < 4.78 is 39.0. The molecule has 1 fully saturated rings. The number of aromatic nitrogens is 1. The number of likely N-dealkylation sites (N-methyl/N-ethyl adjacent to an activating group) is 1. The number of nitrogens with zero attached hydrogens (tertiary/aromatic N) is 3. The highest BCUT2D eigenvalue weighted by atomic mass is 79.9. The van der Waals surface area contributed by atoms with Gasteiger partial charge in [-0.05, 0) is 44.1 Å². The highest BCUT2D eigenvalue weighted by molar-refractivity contribution is 9.10. The Labute approximate surface area is 157 Å². The van der Waals surface area contributed by atoms with Gasteiger partial charge in [-0.15, -0.1) is 0 Å². The smallest absolute Gasteiger partial charge is 0.313 e. The van der Waals surface area contributed by atoms with Gasteiger partial charge >= 0.3 is 6.18 Å². The van der Waals surface area contributed by atoms with Crippen LogP contribution >= 0.6 is 15.9 Å². The molecule has 8 heteroatoms. The largest absolute Gasteiger partial charge is 0.401 e. The highest BCUT2D eigenvalue weighted by Gasteiger charge is 2.52. The van der Waals surface area contributed by atoms with Gasteiger partial charge < -0.3 is 4.90 Å². The van der Waals surface area contributed by atoms with Crippen molar-refractivity contribution in [3.8, 4) is 0 Å². The van der Waals surface area contributed by atoms with E-state index >= 15 is 0 Å². The molecule has 0 saturated carbocycles. The number of halogens is 4. The monoisotopic (exact) mass is 427 g/mol. The zero-order valence-electron chi connectivity index (χ0n) is 14.1. The van der Waals surface area contributed by atoms with E-state index in [-0.39, 0.29) is 19.0 Å². The highest BCUT2D eigenvalue weighted by Crippen LogP contribution is 2.50. The van der Waals surface area contributed by atoms with Crippen molar-refractivity contribution in [1.29, 1.82) is 0 Å². The standard InChI is InChI=1S/C18H17BrF3N3O/c1-24-14-9-23-13-3-2-11(19)8-12(13)15(14)17(16(24)26)4-6-25(7-5-17)10-18(20,21)22/h2-3,8-9H,4-7,10H2,1H3. The Bertz CT molecular complexity index is 891. The summed E-state index contributed by atoms with van der Waals surface area (Å²) >= 11 is 3.47. The molecule has 1 aromatic heterocycles. The van der Waals surface area contributed by atoms with Gasteiger partial charge in [0.25, 0.3) is 0 Å². The van der Waals surface area contributed by atoms with E-state index in [0.717, 1.165) is 26.6 Å². The minimum absolute atomic E-state index is 0.0477. The van der Waals surface area contributed by atoms with Gasteiger partial charge in [0.05, 0.1) is 29.4 Å². The van der Waals surface area contributed by atoms with Crippen LogP contribution in [0.5, 0.6) is 0 Å². The number of alkyl halides is 3. The first-order valence-electron chi connectivity index (χ1n) is 8.37. The third-order valence-corrected chi connectivity index (χ3v) is 5.97. The van der Waals surface area contributed by atoms with Gasteiger partial charge in [0.1, 0.15) is 0 Å². The van der Waals surface area contributed by atoms with E-state index < -0.39 is 18.1 Å². The fraction of sp³-hybridized carbons (Fsp3) is 0.444. The van der Waals surface area contributed by atoms with Gasteiger partial charge in [-0.25, -0.2) is 0 Å². The molecule has 0 unspecified atom stereocenters. The van der Waals surface area contributed by atoms with Crippen molar-refractivity contribution in [2.45, 2.75) is 24.4 Å². The lowest BCUT2D eigenvalue weighted by molar-refractivity contribution is -0.150. The average molecular weight is 428 g/mol. The molecular weight excluding hydrogens is 411 g/mol. The van der Waals surface area contributed by atoms with Gasteiger partial charge in [-0.3, -0.25) is 14.7 Å². The van der Waals surface area contributed by atoms with Crippen LogP contribution in [0, 0.1) is 0 Å². The average Bonchev–Trinajstić information content (AvgIpc) is 2.78.